The summed E-state index contributed by atoms with van der Waals surface area (Å²) in [7, 11) is 0. The summed E-state index contributed by atoms with van der Waals surface area (Å²) in [5.41, 5.74) is 1.88. The molecule has 1 aromatic heterocycles. The fraction of sp³-hybridized carbons (Fsp3) is 0.600. The van der Waals surface area contributed by atoms with E-state index in [1.807, 2.05) is 24.3 Å². The average molecular weight is 399 g/mol. The second-order valence-corrected chi connectivity index (χ2v) is 7.91. The van der Waals surface area contributed by atoms with Crippen molar-refractivity contribution in [2.75, 3.05) is 13.2 Å². The molecule has 0 aliphatic heterocycles. The zero-order valence-corrected chi connectivity index (χ0v) is 18.5. The SMILES string of the molecule is CCCCCCCCCCOc1ccc(-c2cnc(OCC(C)CC)cn2)cc1. The summed E-state index contributed by atoms with van der Waals surface area (Å²) in [5, 5.41) is 0. The summed E-state index contributed by atoms with van der Waals surface area (Å²) < 4.78 is 11.5. The van der Waals surface area contributed by atoms with Crippen molar-refractivity contribution in [1.29, 1.82) is 0 Å². The maximum atomic E-state index is 5.87. The van der Waals surface area contributed by atoms with E-state index in [-0.39, 0.29) is 0 Å². The van der Waals surface area contributed by atoms with Crippen LogP contribution in [0.3, 0.4) is 0 Å². The molecule has 4 heteroatoms. The lowest BCUT2D eigenvalue weighted by Crippen LogP contribution is -2.08. The van der Waals surface area contributed by atoms with Crippen LogP contribution in [0.4, 0.5) is 0 Å². The third-order valence-electron chi connectivity index (χ3n) is 5.26. The van der Waals surface area contributed by atoms with Crippen LogP contribution >= 0.6 is 0 Å². The summed E-state index contributed by atoms with van der Waals surface area (Å²) in [6.45, 7) is 8.05. The van der Waals surface area contributed by atoms with Crippen LogP contribution < -0.4 is 9.47 Å². The Morgan fingerprint density at radius 1 is 0.793 bits per heavy atom. The number of rotatable bonds is 15. The van der Waals surface area contributed by atoms with Gasteiger partial charge >= 0.3 is 0 Å². The lowest BCUT2D eigenvalue weighted by atomic mass is 10.1. The number of hydrogen-bond acceptors (Lipinski definition) is 4. The highest BCUT2D eigenvalue weighted by Crippen LogP contribution is 2.21. The topological polar surface area (TPSA) is 44.2 Å². The van der Waals surface area contributed by atoms with Crippen molar-refractivity contribution in [3.05, 3.63) is 36.7 Å². The largest absolute Gasteiger partial charge is 0.494 e. The molecule has 0 amide bonds. The smallest absolute Gasteiger partial charge is 0.232 e. The van der Waals surface area contributed by atoms with Crippen LogP contribution in [-0.4, -0.2) is 23.2 Å². The molecule has 1 atom stereocenters. The van der Waals surface area contributed by atoms with E-state index >= 15 is 0 Å². The van der Waals surface area contributed by atoms with E-state index in [4.69, 9.17) is 9.47 Å². The van der Waals surface area contributed by atoms with Crippen LogP contribution in [0.15, 0.2) is 36.7 Å². The normalized spacial score (nSPS) is 12.0. The minimum atomic E-state index is 0.523. The number of benzene rings is 1. The fourth-order valence-corrected chi connectivity index (χ4v) is 3.03. The Bertz CT molecular complexity index is 656. The van der Waals surface area contributed by atoms with Crippen molar-refractivity contribution in [3.63, 3.8) is 0 Å². The fourth-order valence-electron chi connectivity index (χ4n) is 3.03. The van der Waals surface area contributed by atoms with E-state index < -0.39 is 0 Å². The van der Waals surface area contributed by atoms with Crippen molar-refractivity contribution < 1.29 is 9.47 Å². The first-order chi connectivity index (χ1) is 14.2. The Balaban J connectivity index is 1.67. The second kappa shape index (κ2) is 14.0. The monoisotopic (exact) mass is 398 g/mol. The molecule has 4 nitrogen and oxygen atoms in total. The molecule has 0 fully saturated rings. The first-order valence-electron chi connectivity index (χ1n) is 11.4. The minimum absolute atomic E-state index is 0.523. The van der Waals surface area contributed by atoms with Crippen LogP contribution in [0.25, 0.3) is 11.3 Å². The predicted molar refractivity (Wildman–Crippen MR) is 121 cm³/mol. The number of hydrogen-bond donors (Lipinski definition) is 0. The summed E-state index contributed by atoms with van der Waals surface area (Å²) in [6, 6.07) is 8.09. The van der Waals surface area contributed by atoms with Gasteiger partial charge in [-0.15, -0.1) is 0 Å². The van der Waals surface area contributed by atoms with Gasteiger partial charge in [-0.2, -0.15) is 0 Å². The minimum Gasteiger partial charge on any atom is -0.494 e. The van der Waals surface area contributed by atoms with E-state index in [0.717, 1.165) is 36.5 Å². The Kier molecular flexibility index (Phi) is 11.2. The van der Waals surface area contributed by atoms with Gasteiger partial charge in [0.2, 0.25) is 5.88 Å². The van der Waals surface area contributed by atoms with Crippen LogP contribution in [0, 0.1) is 5.92 Å². The van der Waals surface area contributed by atoms with Gasteiger partial charge < -0.3 is 9.47 Å². The first kappa shape index (κ1) is 23.2. The molecule has 0 aliphatic carbocycles. The Hall–Kier alpha value is -2.10. The van der Waals surface area contributed by atoms with Crippen molar-refractivity contribution in [1.82, 2.24) is 9.97 Å². The molecule has 0 N–H and O–H groups in total. The van der Waals surface area contributed by atoms with Crippen LogP contribution in [0.2, 0.25) is 0 Å². The molecular weight excluding hydrogens is 360 g/mol. The van der Waals surface area contributed by atoms with Gasteiger partial charge in [0.15, 0.2) is 0 Å². The zero-order chi connectivity index (χ0) is 20.7. The number of ether oxygens (including phenoxy) is 2. The maximum absolute atomic E-state index is 5.87. The highest BCUT2D eigenvalue weighted by atomic mass is 16.5. The number of aromatic nitrogens is 2. The highest BCUT2D eigenvalue weighted by Gasteiger charge is 2.05. The van der Waals surface area contributed by atoms with Crippen LogP contribution in [0.1, 0.15) is 78.6 Å². The van der Waals surface area contributed by atoms with Gasteiger partial charge in [0.25, 0.3) is 0 Å². The molecular formula is C25H38N2O2. The third kappa shape index (κ3) is 9.29. The standard InChI is InChI=1S/C25H38N2O2/c1-4-6-7-8-9-10-11-12-17-28-23-15-13-22(14-16-23)24-18-27-25(19-26-24)29-20-21(3)5-2/h13-16,18-19,21H,4-12,17,20H2,1-3H3. The van der Waals surface area contributed by atoms with Crippen molar-refractivity contribution in [2.45, 2.75) is 78.6 Å². The van der Waals surface area contributed by atoms with Crippen LogP contribution in [-0.2, 0) is 0 Å². The van der Waals surface area contributed by atoms with Gasteiger partial charge in [0.1, 0.15) is 5.75 Å². The molecule has 0 bridgehead atoms. The molecule has 0 saturated carbocycles. The third-order valence-corrected chi connectivity index (χ3v) is 5.26. The average Bonchev–Trinajstić information content (AvgIpc) is 2.77. The molecule has 1 heterocycles. The van der Waals surface area contributed by atoms with Crippen molar-refractivity contribution in [2.24, 2.45) is 5.92 Å². The van der Waals surface area contributed by atoms with Gasteiger partial charge in [0.05, 0.1) is 31.3 Å². The van der Waals surface area contributed by atoms with Crippen molar-refractivity contribution >= 4 is 0 Å². The van der Waals surface area contributed by atoms with Gasteiger partial charge in [0, 0.05) is 5.56 Å². The van der Waals surface area contributed by atoms with E-state index in [1.165, 1.54) is 44.9 Å². The van der Waals surface area contributed by atoms with Gasteiger partial charge in [-0.1, -0.05) is 72.1 Å². The summed E-state index contributed by atoms with van der Waals surface area (Å²) >= 11 is 0. The highest BCUT2D eigenvalue weighted by molar-refractivity contribution is 5.59. The van der Waals surface area contributed by atoms with Gasteiger partial charge in [-0.25, -0.2) is 9.97 Å². The van der Waals surface area contributed by atoms with E-state index in [9.17, 15) is 0 Å². The molecule has 1 aromatic carbocycles. The molecule has 0 spiro atoms. The summed E-state index contributed by atoms with van der Waals surface area (Å²) in [5.74, 6) is 2.02. The predicted octanol–water partition coefficient (Wildman–Crippen LogP) is 7.09. The van der Waals surface area contributed by atoms with Gasteiger partial charge in [-0.3, -0.25) is 0 Å². The lowest BCUT2D eigenvalue weighted by Gasteiger charge is -2.10. The molecule has 1 unspecified atom stereocenters. The summed E-state index contributed by atoms with van der Waals surface area (Å²) in [6.07, 6.45) is 15.1. The maximum Gasteiger partial charge on any atom is 0.232 e. The molecule has 0 aliphatic rings. The first-order valence-corrected chi connectivity index (χ1v) is 11.4. The van der Waals surface area contributed by atoms with E-state index in [2.05, 4.69) is 30.7 Å². The van der Waals surface area contributed by atoms with E-state index in [1.54, 1.807) is 12.4 Å². The molecule has 29 heavy (non-hydrogen) atoms. The molecule has 2 aromatic rings. The molecule has 0 saturated heterocycles. The van der Waals surface area contributed by atoms with E-state index in [0.29, 0.717) is 18.4 Å². The number of nitrogens with zero attached hydrogens (tertiary/aromatic N) is 2. The molecule has 2 rings (SSSR count). The van der Waals surface area contributed by atoms with Crippen molar-refractivity contribution in [3.8, 4) is 22.9 Å². The second-order valence-electron chi connectivity index (χ2n) is 7.91. The lowest BCUT2D eigenvalue weighted by molar-refractivity contribution is 0.247. The molecule has 0 radical (unpaired) electrons. The Labute approximate surface area is 177 Å². The zero-order valence-electron chi connectivity index (χ0n) is 18.5. The number of unbranched alkanes of at least 4 members (excludes halogenated alkanes) is 7. The quantitative estimate of drug-likeness (QED) is 0.300. The van der Waals surface area contributed by atoms with Gasteiger partial charge in [-0.05, 0) is 36.6 Å². The molecule has 160 valence electrons. The Morgan fingerprint density at radius 2 is 1.48 bits per heavy atom. The summed E-state index contributed by atoms with van der Waals surface area (Å²) in [4.78, 5) is 8.85. The Morgan fingerprint density at radius 3 is 2.10 bits per heavy atom. The van der Waals surface area contributed by atoms with Crippen LogP contribution in [0.5, 0.6) is 11.6 Å².